The number of carboxylic acids is 1. The number of aryl methyl sites for hydroxylation is 1. The molecule has 3 rings (SSSR count). The Labute approximate surface area is 163 Å². The fourth-order valence-corrected chi connectivity index (χ4v) is 4.42. The molecule has 0 radical (unpaired) electrons. The van der Waals surface area contributed by atoms with Crippen LogP contribution in [0.1, 0.15) is 35.3 Å². The first-order valence-corrected chi connectivity index (χ1v) is 10.1. The number of carboxylic acid groups (broad SMARTS) is 1. The number of carbonyl (C=O) groups is 2. The van der Waals surface area contributed by atoms with Crippen molar-refractivity contribution in [2.24, 2.45) is 11.8 Å². The molecule has 3 unspecified atom stereocenters. The Morgan fingerprint density at radius 1 is 1.30 bits per heavy atom. The van der Waals surface area contributed by atoms with Crippen LogP contribution >= 0.6 is 11.3 Å². The number of nitrogens with one attached hydrogen (secondary N) is 1. The van der Waals surface area contributed by atoms with E-state index in [0.29, 0.717) is 18.9 Å². The van der Waals surface area contributed by atoms with E-state index in [1.54, 1.807) is 11.3 Å². The van der Waals surface area contributed by atoms with Crippen LogP contribution in [0.2, 0.25) is 0 Å². The predicted octanol–water partition coefficient (Wildman–Crippen LogP) is 3.62. The summed E-state index contributed by atoms with van der Waals surface area (Å²) >= 11 is 1.69. The number of hydrogen-bond donors (Lipinski definition) is 2. The first kappa shape index (κ1) is 19.4. The molecule has 2 aromatic rings. The monoisotopic (exact) mass is 387 g/mol. The van der Waals surface area contributed by atoms with E-state index in [-0.39, 0.29) is 18.4 Å². The van der Waals surface area contributed by atoms with Gasteiger partial charge in [-0.3, -0.25) is 9.59 Å². The summed E-state index contributed by atoms with van der Waals surface area (Å²) in [6, 6.07) is 9.51. The summed E-state index contributed by atoms with van der Waals surface area (Å²) < 4.78 is 5.40. The molecule has 0 saturated heterocycles. The number of rotatable bonds is 9. The third-order valence-electron chi connectivity index (χ3n) is 4.95. The standard InChI is InChI=1S/C21H25NO4S/c1-3-26-16-6-4-14(5-7-16)10-15(21(24)25)12-22-20(23)18-11-17(18)19-13(2)8-9-27-19/h4-9,15,17-18H,3,10-12H2,1-2H3,(H,22,23)(H,24,25). The van der Waals surface area contributed by atoms with Crippen LogP contribution in [0.15, 0.2) is 35.7 Å². The van der Waals surface area contributed by atoms with Crippen LogP contribution in [0.25, 0.3) is 0 Å². The topological polar surface area (TPSA) is 75.6 Å². The fourth-order valence-electron chi connectivity index (χ4n) is 3.31. The molecule has 0 spiro atoms. The molecule has 1 fully saturated rings. The third-order valence-corrected chi connectivity index (χ3v) is 6.10. The molecule has 5 nitrogen and oxygen atoms in total. The molecule has 0 bridgehead atoms. The largest absolute Gasteiger partial charge is 0.494 e. The molecule has 27 heavy (non-hydrogen) atoms. The first-order chi connectivity index (χ1) is 13.0. The van der Waals surface area contributed by atoms with Gasteiger partial charge in [-0.25, -0.2) is 0 Å². The Morgan fingerprint density at radius 2 is 2.04 bits per heavy atom. The van der Waals surface area contributed by atoms with Gasteiger partial charge >= 0.3 is 5.97 Å². The van der Waals surface area contributed by atoms with E-state index >= 15 is 0 Å². The molecule has 2 N–H and O–H groups in total. The molecule has 1 aliphatic rings. The second-order valence-corrected chi connectivity index (χ2v) is 7.93. The fraction of sp³-hybridized carbons (Fsp3) is 0.429. The highest BCUT2D eigenvalue weighted by molar-refractivity contribution is 7.10. The Hall–Kier alpha value is -2.34. The van der Waals surface area contributed by atoms with Crippen molar-refractivity contribution in [2.75, 3.05) is 13.2 Å². The normalized spacial score (nSPS) is 19.3. The molecule has 6 heteroatoms. The van der Waals surface area contributed by atoms with E-state index in [1.807, 2.05) is 31.2 Å². The minimum Gasteiger partial charge on any atom is -0.494 e. The maximum Gasteiger partial charge on any atom is 0.308 e. The maximum atomic E-state index is 12.4. The molecule has 1 aromatic heterocycles. The van der Waals surface area contributed by atoms with Gasteiger partial charge < -0.3 is 15.2 Å². The molecular formula is C21H25NO4S. The Kier molecular flexibility index (Phi) is 6.16. The van der Waals surface area contributed by atoms with Gasteiger partial charge in [0.1, 0.15) is 5.75 Å². The summed E-state index contributed by atoms with van der Waals surface area (Å²) in [4.78, 5) is 25.3. The van der Waals surface area contributed by atoms with Gasteiger partial charge in [-0.1, -0.05) is 12.1 Å². The van der Waals surface area contributed by atoms with Gasteiger partial charge in [0.15, 0.2) is 0 Å². The van der Waals surface area contributed by atoms with E-state index in [0.717, 1.165) is 17.7 Å². The van der Waals surface area contributed by atoms with Crippen molar-refractivity contribution in [3.05, 3.63) is 51.7 Å². The van der Waals surface area contributed by atoms with Crippen LogP contribution in [0.3, 0.4) is 0 Å². The van der Waals surface area contributed by atoms with E-state index in [1.165, 1.54) is 10.4 Å². The van der Waals surface area contributed by atoms with Crippen LogP contribution in [0, 0.1) is 18.8 Å². The quantitative estimate of drug-likeness (QED) is 0.689. The van der Waals surface area contributed by atoms with Crippen LogP contribution in [0.4, 0.5) is 0 Å². The zero-order valence-electron chi connectivity index (χ0n) is 15.6. The number of amides is 1. The lowest BCUT2D eigenvalue weighted by Crippen LogP contribution is -2.35. The van der Waals surface area contributed by atoms with Crippen molar-refractivity contribution < 1.29 is 19.4 Å². The molecule has 1 amide bonds. The van der Waals surface area contributed by atoms with Crippen LogP contribution in [-0.4, -0.2) is 30.1 Å². The summed E-state index contributed by atoms with van der Waals surface area (Å²) in [6.07, 6.45) is 1.23. The molecule has 144 valence electrons. The number of benzene rings is 1. The van der Waals surface area contributed by atoms with E-state index in [9.17, 15) is 14.7 Å². The third kappa shape index (κ3) is 4.89. The van der Waals surface area contributed by atoms with Crippen LogP contribution < -0.4 is 10.1 Å². The lowest BCUT2D eigenvalue weighted by atomic mass is 9.99. The highest BCUT2D eigenvalue weighted by atomic mass is 32.1. The zero-order valence-corrected chi connectivity index (χ0v) is 16.4. The van der Waals surface area contributed by atoms with Crippen LogP contribution in [-0.2, 0) is 16.0 Å². The molecule has 1 aliphatic carbocycles. The molecule has 1 aromatic carbocycles. The molecule has 1 saturated carbocycles. The van der Waals surface area contributed by atoms with Gasteiger partial charge in [-0.15, -0.1) is 11.3 Å². The van der Waals surface area contributed by atoms with Crippen molar-refractivity contribution >= 4 is 23.2 Å². The van der Waals surface area contributed by atoms with Crippen molar-refractivity contribution in [1.29, 1.82) is 0 Å². The Balaban J connectivity index is 1.52. The van der Waals surface area contributed by atoms with Crippen LogP contribution in [0.5, 0.6) is 5.75 Å². The number of ether oxygens (including phenoxy) is 1. The number of hydrogen-bond acceptors (Lipinski definition) is 4. The highest BCUT2D eigenvalue weighted by Gasteiger charge is 2.45. The first-order valence-electron chi connectivity index (χ1n) is 9.25. The predicted molar refractivity (Wildman–Crippen MR) is 105 cm³/mol. The van der Waals surface area contributed by atoms with Gasteiger partial charge in [0.25, 0.3) is 0 Å². The Morgan fingerprint density at radius 3 is 2.63 bits per heavy atom. The summed E-state index contributed by atoms with van der Waals surface area (Å²) in [7, 11) is 0. The number of carbonyl (C=O) groups excluding carboxylic acids is 1. The number of aliphatic carboxylic acids is 1. The van der Waals surface area contributed by atoms with Gasteiger partial charge in [0, 0.05) is 23.3 Å². The van der Waals surface area contributed by atoms with Gasteiger partial charge in [-0.05, 0) is 61.4 Å². The van der Waals surface area contributed by atoms with E-state index < -0.39 is 11.9 Å². The SMILES string of the molecule is CCOc1ccc(CC(CNC(=O)C2CC2c2sccc2C)C(=O)O)cc1. The average molecular weight is 388 g/mol. The maximum absolute atomic E-state index is 12.4. The molecule has 3 atom stereocenters. The van der Waals surface area contributed by atoms with Gasteiger partial charge in [0.05, 0.1) is 12.5 Å². The average Bonchev–Trinajstić information content (AvgIpc) is 3.33. The lowest BCUT2D eigenvalue weighted by Gasteiger charge is -2.14. The summed E-state index contributed by atoms with van der Waals surface area (Å²) in [6.45, 7) is 4.72. The lowest BCUT2D eigenvalue weighted by molar-refractivity contribution is -0.141. The second-order valence-electron chi connectivity index (χ2n) is 6.98. The summed E-state index contributed by atoms with van der Waals surface area (Å²) in [5.74, 6) is -0.546. The minimum atomic E-state index is -0.898. The van der Waals surface area contributed by atoms with Crippen molar-refractivity contribution in [3.63, 3.8) is 0 Å². The summed E-state index contributed by atoms with van der Waals surface area (Å²) in [5, 5.41) is 14.4. The van der Waals surface area contributed by atoms with Crippen molar-refractivity contribution in [1.82, 2.24) is 5.32 Å². The highest BCUT2D eigenvalue weighted by Crippen LogP contribution is 2.50. The molecule has 0 aliphatic heterocycles. The summed E-state index contributed by atoms with van der Waals surface area (Å²) in [5.41, 5.74) is 2.15. The Bertz CT molecular complexity index is 799. The van der Waals surface area contributed by atoms with Crippen molar-refractivity contribution in [3.8, 4) is 5.75 Å². The minimum absolute atomic E-state index is 0.0257. The van der Waals surface area contributed by atoms with E-state index in [2.05, 4.69) is 23.7 Å². The second kappa shape index (κ2) is 8.57. The number of thiophene rings is 1. The van der Waals surface area contributed by atoms with E-state index in [4.69, 9.17) is 4.74 Å². The molecule has 1 heterocycles. The smallest absolute Gasteiger partial charge is 0.308 e. The van der Waals surface area contributed by atoms with Gasteiger partial charge in [0.2, 0.25) is 5.91 Å². The van der Waals surface area contributed by atoms with Crippen molar-refractivity contribution in [2.45, 2.75) is 32.6 Å². The zero-order chi connectivity index (χ0) is 19.4. The molecular weight excluding hydrogens is 362 g/mol. The van der Waals surface area contributed by atoms with Gasteiger partial charge in [-0.2, -0.15) is 0 Å².